The van der Waals surface area contributed by atoms with Gasteiger partial charge in [-0.25, -0.2) is 0 Å². The van der Waals surface area contributed by atoms with Crippen molar-refractivity contribution in [1.29, 1.82) is 0 Å². The normalized spacial score (nSPS) is 17.0. The number of aromatic nitrogens is 1. The third-order valence-corrected chi connectivity index (χ3v) is 6.52. The van der Waals surface area contributed by atoms with Crippen LogP contribution in [0.5, 0.6) is 11.5 Å². The van der Waals surface area contributed by atoms with E-state index in [2.05, 4.69) is 31.8 Å². The zero-order valence-electron chi connectivity index (χ0n) is 16.9. The number of carbonyl (C=O) groups is 1. The van der Waals surface area contributed by atoms with Crippen LogP contribution in [-0.2, 0) is 22.0 Å². The highest BCUT2D eigenvalue weighted by Crippen LogP contribution is 2.51. The highest BCUT2D eigenvalue weighted by atomic mass is 35.5. The number of hydrogen-bond acceptors (Lipinski definition) is 3. The number of halogens is 1. The van der Waals surface area contributed by atoms with Gasteiger partial charge in [0.25, 0.3) is 0 Å². The van der Waals surface area contributed by atoms with Crippen molar-refractivity contribution in [2.45, 2.75) is 50.9 Å². The molecule has 0 radical (unpaired) electrons. The van der Waals surface area contributed by atoms with Gasteiger partial charge in [-0.3, -0.25) is 4.79 Å². The van der Waals surface area contributed by atoms with Crippen molar-refractivity contribution >= 4 is 28.3 Å². The van der Waals surface area contributed by atoms with E-state index in [4.69, 9.17) is 21.1 Å². The Hall–Kier alpha value is -2.46. The Kier molecular flexibility index (Phi) is 4.01. The van der Waals surface area contributed by atoms with E-state index in [1.165, 1.54) is 0 Å². The van der Waals surface area contributed by atoms with Crippen LogP contribution < -0.4 is 9.47 Å². The molecule has 0 atom stereocenters. The molecule has 1 N–H and O–H groups in total. The number of benzene rings is 2. The molecule has 2 aliphatic rings. The van der Waals surface area contributed by atoms with Crippen LogP contribution in [0.25, 0.3) is 10.9 Å². The minimum absolute atomic E-state index is 0. The molecule has 0 amide bonds. The SMILES string of the molecule is CC(C)(C)c1[nH]c2ccc(CC(=O)C3(c4ccc5c(c4)OCO5)CC3)cc2c1Cl.[HH]. The second-order valence-electron chi connectivity index (χ2n) is 9.19. The van der Waals surface area contributed by atoms with Gasteiger partial charge in [-0.15, -0.1) is 0 Å². The molecule has 0 saturated heterocycles. The first-order chi connectivity index (χ1) is 13.8. The van der Waals surface area contributed by atoms with Crippen LogP contribution in [0.2, 0.25) is 5.02 Å². The van der Waals surface area contributed by atoms with Crippen LogP contribution in [0.15, 0.2) is 36.4 Å². The highest BCUT2D eigenvalue weighted by Gasteiger charge is 2.50. The fraction of sp³-hybridized carbons (Fsp3) is 0.375. The van der Waals surface area contributed by atoms with Gasteiger partial charge in [0.1, 0.15) is 5.78 Å². The van der Waals surface area contributed by atoms with Gasteiger partial charge < -0.3 is 14.5 Å². The Morgan fingerprint density at radius 3 is 2.62 bits per heavy atom. The highest BCUT2D eigenvalue weighted by molar-refractivity contribution is 6.36. The van der Waals surface area contributed by atoms with Crippen molar-refractivity contribution < 1.29 is 15.7 Å². The van der Waals surface area contributed by atoms with Gasteiger partial charge in [-0.1, -0.05) is 44.5 Å². The van der Waals surface area contributed by atoms with Gasteiger partial charge >= 0.3 is 0 Å². The van der Waals surface area contributed by atoms with Gasteiger partial charge in [0.05, 0.1) is 10.4 Å². The first-order valence-electron chi connectivity index (χ1n) is 10.0. The number of ether oxygens (including phenoxy) is 2. The summed E-state index contributed by atoms with van der Waals surface area (Å²) in [4.78, 5) is 16.7. The fourth-order valence-corrected chi connectivity index (χ4v) is 4.72. The van der Waals surface area contributed by atoms with E-state index in [0.717, 1.165) is 57.1 Å². The Labute approximate surface area is 176 Å². The Morgan fingerprint density at radius 2 is 1.90 bits per heavy atom. The molecule has 0 bridgehead atoms. The zero-order chi connectivity index (χ0) is 20.4. The third kappa shape index (κ3) is 3.01. The minimum Gasteiger partial charge on any atom is -0.454 e. The van der Waals surface area contributed by atoms with Crippen molar-refractivity contribution in [3.63, 3.8) is 0 Å². The summed E-state index contributed by atoms with van der Waals surface area (Å²) in [7, 11) is 0. The summed E-state index contributed by atoms with van der Waals surface area (Å²) in [6, 6.07) is 12.0. The van der Waals surface area contributed by atoms with E-state index in [1.807, 2.05) is 30.3 Å². The molecular weight excluding hydrogens is 386 g/mol. The van der Waals surface area contributed by atoms with Gasteiger partial charge in [0, 0.05) is 29.9 Å². The molecule has 1 aliphatic carbocycles. The average molecular weight is 412 g/mol. The number of H-pyrrole nitrogens is 1. The van der Waals surface area contributed by atoms with Gasteiger partial charge in [-0.05, 0) is 48.2 Å². The number of aromatic amines is 1. The van der Waals surface area contributed by atoms with E-state index < -0.39 is 5.41 Å². The van der Waals surface area contributed by atoms with Gasteiger partial charge in [0.2, 0.25) is 6.79 Å². The molecule has 1 aliphatic heterocycles. The summed E-state index contributed by atoms with van der Waals surface area (Å²) in [6.45, 7) is 6.65. The third-order valence-electron chi connectivity index (χ3n) is 6.12. The number of hydrogen-bond donors (Lipinski definition) is 1. The molecule has 152 valence electrons. The van der Waals surface area contributed by atoms with E-state index >= 15 is 0 Å². The molecule has 1 aromatic heterocycles. The molecule has 29 heavy (non-hydrogen) atoms. The van der Waals surface area contributed by atoms with Crippen LogP contribution in [-0.4, -0.2) is 17.6 Å². The second-order valence-corrected chi connectivity index (χ2v) is 9.57. The summed E-state index contributed by atoms with van der Waals surface area (Å²) in [5, 5.41) is 1.73. The first-order valence-corrected chi connectivity index (χ1v) is 10.4. The Bertz CT molecular complexity index is 1140. The van der Waals surface area contributed by atoms with Crippen molar-refractivity contribution in [2.75, 3.05) is 6.79 Å². The van der Waals surface area contributed by atoms with Gasteiger partial charge in [-0.2, -0.15) is 0 Å². The van der Waals surface area contributed by atoms with Crippen LogP contribution in [0.4, 0.5) is 0 Å². The van der Waals surface area contributed by atoms with Crippen LogP contribution >= 0.6 is 11.6 Å². The van der Waals surface area contributed by atoms with Crippen LogP contribution in [0, 0.1) is 0 Å². The standard InChI is InChI=1S/C24H24ClNO3.H2/c1-23(2,3)22-21(25)16-10-14(4-6-17(16)26-22)11-20(27)24(8-9-24)15-5-7-18-19(12-15)29-13-28-18;/h4-7,10,12,26H,8-9,11,13H2,1-3H3;1H. The molecule has 0 spiro atoms. The summed E-state index contributed by atoms with van der Waals surface area (Å²) in [6.07, 6.45) is 2.16. The Balaban J connectivity index is 0.00000218. The molecule has 3 aromatic rings. The topological polar surface area (TPSA) is 51.3 Å². The summed E-state index contributed by atoms with van der Waals surface area (Å²) in [5.41, 5.74) is 3.60. The smallest absolute Gasteiger partial charge is 0.231 e. The lowest BCUT2D eigenvalue weighted by Crippen LogP contribution is -2.22. The molecule has 1 fully saturated rings. The zero-order valence-corrected chi connectivity index (χ0v) is 17.7. The molecule has 2 heterocycles. The number of fused-ring (bicyclic) bond motifs is 2. The predicted octanol–water partition coefficient (Wildman–Crippen LogP) is 5.94. The lowest BCUT2D eigenvalue weighted by atomic mass is 9.87. The van der Waals surface area contributed by atoms with Crippen LogP contribution in [0.3, 0.4) is 0 Å². The maximum atomic E-state index is 13.3. The maximum Gasteiger partial charge on any atom is 0.231 e. The maximum absolute atomic E-state index is 13.3. The average Bonchev–Trinajstić information content (AvgIpc) is 3.24. The van der Waals surface area contributed by atoms with E-state index in [9.17, 15) is 4.79 Å². The monoisotopic (exact) mass is 411 g/mol. The van der Waals surface area contributed by atoms with Crippen molar-refractivity contribution in [1.82, 2.24) is 4.98 Å². The first kappa shape index (κ1) is 18.6. The second kappa shape index (κ2) is 6.27. The molecule has 4 nitrogen and oxygen atoms in total. The molecule has 5 rings (SSSR count). The van der Waals surface area contributed by atoms with E-state index in [-0.39, 0.29) is 19.4 Å². The van der Waals surface area contributed by atoms with Crippen LogP contribution in [0.1, 0.15) is 51.9 Å². The van der Waals surface area contributed by atoms with E-state index in [1.54, 1.807) is 0 Å². The lowest BCUT2D eigenvalue weighted by Gasteiger charge is -2.17. The Morgan fingerprint density at radius 1 is 1.14 bits per heavy atom. The lowest BCUT2D eigenvalue weighted by molar-refractivity contribution is -0.120. The molecule has 1 saturated carbocycles. The fourth-order valence-electron chi connectivity index (χ4n) is 4.24. The molecule has 2 aromatic carbocycles. The molecular formula is C24H26ClNO3. The van der Waals surface area contributed by atoms with E-state index in [0.29, 0.717) is 6.42 Å². The summed E-state index contributed by atoms with van der Waals surface area (Å²) in [5.74, 6) is 1.73. The molecule has 5 heteroatoms. The largest absolute Gasteiger partial charge is 0.454 e. The van der Waals surface area contributed by atoms with Gasteiger partial charge in [0.15, 0.2) is 11.5 Å². The number of nitrogens with one attached hydrogen (secondary N) is 1. The van der Waals surface area contributed by atoms with Crippen molar-refractivity contribution in [3.8, 4) is 11.5 Å². The minimum atomic E-state index is -0.394. The quantitative estimate of drug-likeness (QED) is 0.578. The van der Waals surface area contributed by atoms with Crippen molar-refractivity contribution in [3.05, 3.63) is 58.2 Å². The number of ketones is 1. The number of rotatable bonds is 4. The van der Waals surface area contributed by atoms with Crippen molar-refractivity contribution in [2.24, 2.45) is 0 Å². The molecule has 0 unspecified atom stereocenters. The summed E-state index contributed by atoms with van der Waals surface area (Å²) >= 11 is 6.66. The number of Topliss-reactive ketones (excluding diaryl/α,β-unsaturated/α-hetero) is 1. The summed E-state index contributed by atoms with van der Waals surface area (Å²) < 4.78 is 10.9. The number of carbonyl (C=O) groups excluding carboxylic acids is 1. The predicted molar refractivity (Wildman–Crippen MR) is 116 cm³/mol.